The molecule has 0 amide bonds. The van der Waals surface area contributed by atoms with Crippen LogP contribution in [0.1, 0.15) is 12.8 Å². The van der Waals surface area contributed by atoms with Gasteiger partial charge in [0.1, 0.15) is 11.6 Å². The topological polar surface area (TPSA) is 49.6 Å². The zero-order chi connectivity index (χ0) is 17.4. The van der Waals surface area contributed by atoms with E-state index in [1.54, 1.807) is 22.7 Å². The van der Waals surface area contributed by atoms with Gasteiger partial charge in [-0.15, -0.1) is 15.3 Å². The summed E-state index contributed by atoms with van der Waals surface area (Å²) in [5.41, 5.74) is 1.02. The summed E-state index contributed by atoms with van der Waals surface area (Å²) >= 11 is 0. The lowest BCUT2D eigenvalue weighted by Crippen LogP contribution is -2.45. The summed E-state index contributed by atoms with van der Waals surface area (Å²) in [6.45, 7) is 1.91. The molecular weight excluding hydrogens is 319 g/mol. The van der Waals surface area contributed by atoms with Gasteiger partial charge >= 0.3 is 0 Å². The summed E-state index contributed by atoms with van der Waals surface area (Å²) in [6.07, 6.45) is 2.32. The van der Waals surface area contributed by atoms with E-state index in [0.717, 1.165) is 25.3 Å². The summed E-state index contributed by atoms with van der Waals surface area (Å²) < 4.78 is 15.8. The van der Waals surface area contributed by atoms with Gasteiger partial charge in [-0.25, -0.2) is 4.39 Å². The van der Waals surface area contributed by atoms with Crippen LogP contribution in [0, 0.1) is 5.82 Å². The highest BCUT2D eigenvalue weighted by Crippen LogP contribution is 2.24. The van der Waals surface area contributed by atoms with Crippen LogP contribution in [0.2, 0.25) is 0 Å². The van der Waals surface area contributed by atoms with Gasteiger partial charge in [0, 0.05) is 19.1 Å². The first-order valence-electron chi connectivity index (χ1n) is 8.52. The number of piperidine rings is 1. The fourth-order valence-corrected chi connectivity index (χ4v) is 3.34. The Morgan fingerprint density at radius 1 is 1.12 bits per heavy atom. The first-order valence-corrected chi connectivity index (χ1v) is 8.52. The van der Waals surface area contributed by atoms with Gasteiger partial charge in [0.25, 0.3) is 0 Å². The first kappa shape index (κ1) is 16.0. The number of likely N-dealkylation sites (N-methyl/N-ethyl adjacent to an activating group) is 1. The molecule has 1 atom stereocenters. The van der Waals surface area contributed by atoms with Gasteiger partial charge in [0.15, 0.2) is 11.5 Å². The molecule has 3 aromatic rings. The largest absolute Gasteiger partial charge is 0.354 e. The second-order valence-electron chi connectivity index (χ2n) is 6.67. The molecule has 7 heteroatoms. The summed E-state index contributed by atoms with van der Waals surface area (Å²) in [4.78, 5) is 4.53. The van der Waals surface area contributed by atoms with Crippen LogP contribution in [-0.4, -0.2) is 57.9 Å². The monoisotopic (exact) mass is 340 g/mol. The summed E-state index contributed by atoms with van der Waals surface area (Å²) in [5, 5.41) is 13.0. The Labute approximate surface area is 145 Å². The number of rotatable bonds is 3. The maximum atomic E-state index is 14.2. The van der Waals surface area contributed by atoms with Crippen molar-refractivity contribution in [1.82, 2.24) is 24.7 Å². The van der Waals surface area contributed by atoms with Gasteiger partial charge < -0.3 is 9.80 Å². The van der Waals surface area contributed by atoms with E-state index in [2.05, 4.69) is 34.1 Å². The molecule has 4 rings (SSSR count). The van der Waals surface area contributed by atoms with Crippen molar-refractivity contribution in [3.8, 4) is 11.4 Å². The van der Waals surface area contributed by atoms with Crippen molar-refractivity contribution in [2.24, 2.45) is 0 Å². The van der Waals surface area contributed by atoms with Crippen molar-refractivity contribution in [2.75, 3.05) is 32.1 Å². The Bertz CT molecular complexity index is 890. The molecule has 2 aromatic heterocycles. The van der Waals surface area contributed by atoms with E-state index in [9.17, 15) is 4.39 Å². The van der Waals surface area contributed by atoms with Gasteiger partial charge in [0.2, 0.25) is 0 Å². The van der Waals surface area contributed by atoms with Gasteiger partial charge in [-0.3, -0.25) is 0 Å². The predicted octanol–water partition coefficient (Wildman–Crippen LogP) is 2.46. The lowest BCUT2D eigenvalue weighted by atomic mass is 10.1. The van der Waals surface area contributed by atoms with Crippen LogP contribution in [0.25, 0.3) is 17.0 Å². The van der Waals surface area contributed by atoms with Crippen molar-refractivity contribution in [3.05, 3.63) is 42.2 Å². The summed E-state index contributed by atoms with van der Waals surface area (Å²) in [7, 11) is 4.22. The molecule has 0 bridgehead atoms. The molecule has 1 aliphatic rings. The Balaban J connectivity index is 1.73. The van der Waals surface area contributed by atoms with Crippen LogP contribution in [-0.2, 0) is 0 Å². The highest BCUT2D eigenvalue weighted by atomic mass is 19.1. The number of hydrogen-bond acceptors (Lipinski definition) is 5. The Morgan fingerprint density at radius 2 is 1.96 bits per heavy atom. The Hall–Kier alpha value is -2.54. The minimum absolute atomic E-state index is 0.324. The highest BCUT2D eigenvalue weighted by Gasteiger charge is 2.23. The molecule has 6 nitrogen and oxygen atoms in total. The predicted molar refractivity (Wildman–Crippen MR) is 95.1 cm³/mol. The molecule has 0 N–H and O–H groups in total. The number of aromatic nitrogens is 4. The molecule has 0 spiro atoms. The highest BCUT2D eigenvalue weighted by molar-refractivity contribution is 5.60. The minimum Gasteiger partial charge on any atom is -0.354 e. The number of halogens is 1. The molecule has 0 unspecified atom stereocenters. The molecule has 0 aliphatic carbocycles. The number of anilines is 1. The molecule has 1 aromatic carbocycles. The Kier molecular flexibility index (Phi) is 4.09. The van der Waals surface area contributed by atoms with Crippen LogP contribution in [0.4, 0.5) is 10.2 Å². The molecule has 130 valence electrons. The molecule has 1 fully saturated rings. The molecule has 3 heterocycles. The number of fused-ring (bicyclic) bond motifs is 1. The van der Waals surface area contributed by atoms with Crippen molar-refractivity contribution < 1.29 is 4.39 Å². The van der Waals surface area contributed by atoms with Crippen LogP contribution >= 0.6 is 0 Å². The standard InChI is InChI=1S/C18H21FN6/c1-23(2)13-6-5-11-24(12-13)17-10-9-16-20-21-18(25(16)22-17)14-7-3-4-8-15(14)19/h3-4,7-10,13H,5-6,11-12H2,1-2H3/t13-/m1/s1. The minimum atomic E-state index is -0.324. The maximum Gasteiger partial charge on any atom is 0.188 e. The summed E-state index contributed by atoms with van der Waals surface area (Å²) in [6, 6.07) is 10.9. The van der Waals surface area contributed by atoms with Crippen molar-refractivity contribution >= 4 is 11.5 Å². The van der Waals surface area contributed by atoms with E-state index >= 15 is 0 Å². The number of nitrogens with zero attached hydrogens (tertiary/aromatic N) is 6. The van der Waals surface area contributed by atoms with E-state index in [-0.39, 0.29) is 5.82 Å². The normalized spacial score (nSPS) is 18.2. The van der Waals surface area contributed by atoms with Crippen LogP contribution < -0.4 is 4.90 Å². The van der Waals surface area contributed by atoms with Crippen molar-refractivity contribution in [3.63, 3.8) is 0 Å². The van der Waals surface area contributed by atoms with Crippen LogP contribution in [0.15, 0.2) is 36.4 Å². The molecule has 0 radical (unpaired) electrons. The zero-order valence-corrected chi connectivity index (χ0v) is 14.4. The van der Waals surface area contributed by atoms with E-state index in [1.165, 1.54) is 12.5 Å². The molecule has 25 heavy (non-hydrogen) atoms. The zero-order valence-electron chi connectivity index (χ0n) is 14.4. The average molecular weight is 340 g/mol. The SMILES string of the molecule is CN(C)[C@@H]1CCCN(c2ccc3nnc(-c4ccccc4F)n3n2)C1. The quantitative estimate of drug-likeness (QED) is 0.733. The van der Waals surface area contributed by atoms with Gasteiger partial charge in [-0.2, -0.15) is 4.52 Å². The molecule has 1 saturated heterocycles. The lowest BCUT2D eigenvalue weighted by Gasteiger charge is -2.36. The van der Waals surface area contributed by atoms with E-state index < -0.39 is 0 Å². The first-order chi connectivity index (χ1) is 12.1. The van der Waals surface area contributed by atoms with E-state index in [4.69, 9.17) is 5.10 Å². The van der Waals surface area contributed by atoms with Gasteiger partial charge in [-0.05, 0) is 51.2 Å². The smallest absolute Gasteiger partial charge is 0.188 e. The van der Waals surface area contributed by atoms with E-state index in [1.807, 2.05) is 12.1 Å². The third kappa shape index (κ3) is 2.95. The fourth-order valence-electron chi connectivity index (χ4n) is 3.34. The third-order valence-corrected chi connectivity index (χ3v) is 4.81. The third-order valence-electron chi connectivity index (χ3n) is 4.81. The van der Waals surface area contributed by atoms with Crippen LogP contribution in [0.3, 0.4) is 0 Å². The second-order valence-corrected chi connectivity index (χ2v) is 6.67. The maximum absolute atomic E-state index is 14.2. The fraction of sp³-hybridized carbons (Fsp3) is 0.389. The molecule has 0 saturated carbocycles. The van der Waals surface area contributed by atoms with Gasteiger partial charge in [0.05, 0.1) is 5.56 Å². The average Bonchev–Trinajstić information content (AvgIpc) is 3.05. The summed E-state index contributed by atoms with van der Waals surface area (Å²) in [5.74, 6) is 0.974. The van der Waals surface area contributed by atoms with Crippen molar-refractivity contribution in [1.29, 1.82) is 0 Å². The lowest BCUT2D eigenvalue weighted by molar-refractivity contribution is 0.257. The molecule has 1 aliphatic heterocycles. The van der Waals surface area contributed by atoms with Crippen molar-refractivity contribution in [2.45, 2.75) is 18.9 Å². The van der Waals surface area contributed by atoms with Gasteiger partial charge in [-0.1, -0.05) is 12.1 Å². The second kappa shape index (κ2) is 6.40. The Morgan fingerprint density at radius 3 is 2.76 bits per heavy atom. The number of hydrogen-bond donors (Lipinski definition) is 0. The van der Waals surface area contributed by atoms with Crippen LogP contribution in [0.5, 0.6) is 0 Å². The number of benzene rings is 1. The van der Waals surface area contributed by atoms with E-state index in [0.29, 0.717) is 23.1 Å². The molecular formula is C18H21FN6.